The van der Waals surface area contributed by atoms with E-state index in [4.69, 9.17) is 16.7 Å². The molecule has 0 aliphatic rings. The highest BCUT2D eigenvalue weighted by atomic mass is 35.5. The molecule has 7 heteroatoms. The molecule has 0 aliphatic carbocycles. The van der Waals surface area contributed by atoms with Gasteiger partial charge in [0.15, 0.2) is 0 Å². The van der Waals surface area contributed by atoms with Gasteiger partial charge in [-0.25, -0.2) is 0 Å². The largest absolute Gasteiger partial charge is 0.480 e. The number of nitrogens with one attached hydrogen (secondary N) is 1. The molecule has 0 bridgehead atoms. The van der Waals surface area contributed by atoms with E-state index in [2.05, 4.69) is 10.4 Å². The molecule has 0 radical (unpaired) electrons. The Balaban J connectivity index is 1.92. The van der Waals surface area contributed by atoms with Crippen LogP contribution in [0.1, 0.15) is 5.56 Å². The molecule has 1 aromatic carbocycles. The van der Waals surface area contributed by atoms with E-state index in [1.54, 1.807) is 24.3 Å². The van der Waals surface area contributed by atoms with Crippen molar-refractivity contribution in [3.05, 3.63) is 47.2 Å². The Morgan fingerprint density at radius 3 is 2.65 bits per heavy atom. The van der Waals surface area contributed by atoms with Gasteiger partial charge in [0.05, 0.1) is 18.3 Å². The van der Waals surface area contributed by atoms with Crippen LogP contribution in [-0.2, 0) is 22.6 Å². The number of rotatable bonds is 5. The minimum absolute atomic E-state index is 0.206. The van der Waals surface area contributed by atoms with Gasteiger partial charge in [-0.05, 0) is 17.7 Å². The van der Waals surface area contributed by atoms with E-state index in [-0.39, 0.29) is 18.9 Å². The number of anilines is 1. The first kappa shape index (κ1) is 14.1. The fourth-order valence-electron chi connectivity index (χ4n) is 1.65. The fourth-order valence-corrected chi connectivity index (χ4v) is 1.77. The van der Waals surface area contributed by atoms with Gasteiger partial charge in [-0.15, -0.1) is 0 Å². The van der Waals surface area contributed by atoms with Crippen LogP contribution < -0.4 is 5.32 Å². The molecule has 1 amide bonds. The maximum atomic E-state index is 11.8. The van der Waals surface area contributed by atoms with E-state index < -0.39 is 5.97 Å². The molecule has 0 saturated heterocycles. The second kappa shape index (κ2) is 6.21. The zero-order valence-electron chi connectivity index (χ0n) is 10.4. The number of carbonyl (C=O) groups is 2. The third-order valence-electron chi connectivity index (χ3n) is 2.49. The Hall–Kier alpha value is -2.34. The second-order valence-corrected chi connectivity index (χ2v) is 4.61. The Morgan fingerprint density at radius 1 is 1.30 bits per heavy atom. The van der Waals surface area contributed by atoms with E-state index in [0.717, 1.165) is 5.56 Å². The Morgan fingerprint density at radius 2 is 2.00 bits per heavy atom. The topological polar surface area (TPSA) is 84.2 Å². The molecule has 1 aromatic heterocycles. The van der Waals surface area contributed by atoms with Crippen molar-refractivity contribution in [1.82, 2.24) is 9.78 Å². The van der Waals surface area contributed by atoms with Crippen LogP contribution in [0.2, 0.25) is 5.02 Å². The smallest absolute Gasteiger partial charge is 0.325 e. The SMILES string of the molecule is O=C(O)Cn1cc(NC(=O)Cc2ccc(Cl)cc2)cn1. The van der Waals surface area contributed by atoms with E-state index in [0.29, 0.717) is 10.7 Å². The lowest BCUT2D eigenvalue weighted by atomic mass is 10.1. The van der Waals surface area contributed by atoms with Crippen LogP contribution in [0, 0.1) is 0 Å². The number of amides is 1. The van der Waals surface area contributed by atoms with Crippen molar-refractivity contribution in [3.63, 3.8) is 0 Å². The molecule has 0 fully saturated rings. The number of nitrogens with zero attached hydrogens (tertiary/aromatic N) is 2. The normalized spacial score (nSPS) is 10.2. The molecule has 0 saturated carbocycles. The molecule has 6 nitrogen and oxygen atoms in total. The van der Waals surface area contributed by atoms with Crippen molar-refractivity contribution < 1.29 is 14.7 Å². The van der Waals surface area contributed by atoms with Crippen molar-refractivity contribution in [2.45, 2.75) is 13.0 Å². The number of carbonyl (C=O) groups excluding carboxylic acids is 1. The molecule has 1 heterocycles. The maximum Gasteiger partial charge on any atom is 0.325 e. The van der Waals surface area contributed by atoms with Gasteiger partial charge in [0, 0.05) is 11.2 Å². The van der Waals surface area contributed by atoms with E-state index >= 15 is 0 Å². The molecular weight excluding hydrogens is 282 g/mol. The molecule has 2 rings (SSSR count). The summed E-state index contributed by atoms with van der Waals surface area (Å²) in [6.45, 7) is -0.243. The predicted molar refractivity (Wildman–Crippen MR) is 73.6 cm³/mol. The zero-order chi connectivity index (χ0) is 14.5. The van der Waals surface area contributed by atoms with Crippen LogP contribution >= 0.6 is 11.6 Å². The minimum Gasteiger partial charge on any atom is -0.480 e. The van der Waals surface area contributed by atoms with Crippen molar-refractivity contribution in [2.75, 3.05) is 5.32 Å². The van der Waals surface area contributed by atoms with Crippen LogP contribution in [0.5, 0.6) is 0 Å². The number of carboxylic acids is 1. The standard InChI is InChI=1S/C13H12ClN3O3/c14-10-3-1-9(2-4-10)5-12(18)16-11-6-15-17(7-11)8-13(19)20/h1-4,6-7H,5,8H2,(H,16,18)(H,19,20). The molecule has 0 spiro atoms. The first-order valence-electron chi connectivity index (χ1n) is 5.81. The van der Waals surface area contributed by atoms with Crippen molar-refractivity contribution in [2.24, 2.45) is 0 Å². The number of aliphatic carboxylic acids is 1. The van der Waals surface area contributed by atoms with Crippen LogP contribution in [0.4, 0.5) is 5.69 Å². The Labute approximate surface area is 120 Å². The van der Waals surface area contributed by atoms with Gasteiger partial charge in [0.1, 0.15) is 6.54 Å². The van der Waals surface area contributed by atoms with Gasteiger partial charge in [-0.2, -0.15) is 5.10 Å². The third-order valence-corrected chi connectivity index (χ3v) is 2.74. The molecular formula is C13H12ClN3O3. The lowest BCUT2D eigenvalue weighted by molar-refractivity contribution is -0.137. The first-order chi connectivity index (χ1) is 9.52. The van der Waals surface area contributed by atoms with Gasteiger partial charge >= 0.3 is 5.97 Å². The average molecular weight is 294 g/mol. The highest BCUT2D eigenvalue weighted by Crippen LogP contribution is 2.11. The summed E-state index contributed by atoms with van der Waals surface area (Å²) in [5.41, 5.74) is 1.30. The van der Waals surface area contributed by atoms with Gasteiger partial charge in [0.25, 0.3) is 0 Å². The molecule has 2 aromatic rings. The summed E-state index contributed by atoms with van der Waals surface area (Å²) >= 11 is 5.76. The van der Waals surface area contributed by atoms with Crippen molar-refractivity contribution >= 4 is 29.2 Å². The number of hydrogen-bond acceptors (Lipinski definition) is 3. The monoisotopic (exact) mass is 293 g/mol. The van der Waals surface area contributed by atoms with Gasteiger partial charge in [0.2, 0.25) is 5.91 Å². The third kappa shape index (κ3) is 4.10. The summed E-state index contributed by atoms with van der Waals surface area (Å²) in [5.74, 6) is -1.20. The predicted octanol–water partition coefficient (Wildman–Crippen LogP) is 1.80. The van der Waals surface area contributed by atoms with Crippen LogP contribution in [-0.4, -0.2) is 26.8 Å². The number of carboxylic acid groups (broad SMARTS) is 1. The Bertz CT molecular complexity index is 622. The lowest BCUT2D eigenvalue weighted by Crippen LogP contribution is -2.14. The molecule has 2 N–H and O–H groups in total. The lowest BCUT2D eigenvalue weighted by Gasteiger charge is -2.02. The second-order valence-electron chi connectivity index (χ2n) is 4.17. The average Bonchev–Trinajstić information content (AvgIpc) is 2.78. The number of halogens is 1. The highest BCUT2D eigenvalue weighted by Gasteiger charge is 2.07. The molecule has 104 valence electrons. The fraction of sp³-hybridized carbons (Fsp3) is 0.154. The van der Waals surface area contributed by atoms with Gasteiger partial charge in [-0.3, -0.25) is 14.3 Å². The van der Waals surface area contributed by atoms with E-state index in [1.165, 1.54) is 17.1 Å². The van der Waals surface area contributed by atoms with Gasteiger partial charge < -0.3 is 10.4 Å². The van der Waals surface area contributed by atoms with Gasteiger partial charge in [-0.1, -0.05) is 23.7 Å². The minimum atomic E-state index is -0.993. The molecule has 0 unspecified atom stereocenters. The van der Waals surface area contributed by atoms with E-state index in [9.17, 15) is 9.59 Å². The molecule has 20 heavy (non-hydrogen) atoms. The Kier molecular flexibility index (Phi) is 4.37. The summed E-state index contributed by atoms with van der Waals surface area (Å²) in [6.07, 6.45) is 3.08. The van der Waals surface area contributed by atoms with Crippen molar-refractivity contribution in [3.8, 4) is 0 Å². The van der Waals surface area contributed by atoms with Crippen LogP contribution in [0.25, 0.3) is 0 Å². The van der Waals surface area contributed by atoms with Crippen molar-refractivity contribution in [1.29, 1.82) is 0 Å². The summed E-state index contributed by atoms with van der Waals surface area (Å²) < 4.78 is 1.24. The number of aromatic nitrogens is 2. The summed E-state index contributed by atoms with van der Waals surface area (Å²) in [5, 5.41) is 15.7. The quantitative estimate of drug-likeness (QED) is 0.880. The highest BCUT2D eigenvalue weighted by molar-refractivity contribution is 6.30. The van der Waals surface area contributed by atoms with Crippen LogP contribution in [0.3, 0.4) is 0 Å². The molecule has 0 atom stereocenters. The maximum absolute atomic E-state index is 11.8. The number of benzene rings is 1. The summed E-state index contributed by atoms with van der Waals surface area (Å²) in [6, 6.07) is 6.98. The zero-order valence-corrected chi connectivity index (χ0v) is 11.2. The number of hydrogen-bond donors (Lipinski definition) is 2. The van der Waals surface area contributed by atoms with Crippen LogP contribution in [0.15, 0.2) is 36.7 Å². The van der Waals surface area contributed by atoms with E-state index in [1.807, 2.05) is 0 Å². The molecule has 0 aliphatic heterocycles. The summed E-state index contributed by atoms with van der Waals surface area (Å²) in [4.78, 5) is 22.3. The first-order valence-corrected chi connectivity index (χ1v) is 6.19. The summed E-state index contributed by atoms with van der Waals surface area (Å²) in [7, 11) is 0.